The number of para-hydroxylation sites is 4. The van der Waals surface area contributed by atoms with Gasteiger partial charge < -0.3 is 0 Å². The van der Waals surface area contributed by atoms with Gasteiger partial charge in [0.15, 0.2) is 0 Å². The number of fused-ring (bicyclic) bond motifs is 17. The molecule has 0 aromatic heterocycles. The Labute approximate surface area is 287 Å². The van der Waals surface area contributed by atoms with Crippen molar-refractivity contribution in [2.24, 2.45) is 0 Å². The van der Waals surface area contributed by atoms with Gasteiger partial charge >= 0.3 is 289 Å². The summed E-state index contributed by atoms with van der Waals surface area (Å²) in [6, 6.07) is 56.0. The molecule has 0 radical (unpaired) electrons. The Kier molecular flexibility index (Phi) is 5.51. The zero-order valence-corrected chi connectivity index (χ0v) is 28.1. The Balaban J connectivity index is 1.32. The van der Waals surface area contributed by atoms with Crippen molar-refractivity contribution in [2.75, 3.05) is 32.7 Å². The predicted molar refractivity (Wildman–Crippen MR) is 189 cm³/mol. The van der Waals surface area contributed by atoms with Crippen molar-refractivity contribution in [2.45, 2.75) is 12.1 Å². The molecule has 234 valence electrons. The van der Waals surface area contributed by atoms with Crippen molar-refractivity contribution < 1.29 is 22.4 Å². The molecular formula is C42H28N4OPt-2. The van der Waals surface area contributed by atoms with E-state index in [4.69, 9.17) is 4.74 Å². The van der Waals surface area contributed by atoms with Crippen LogP contribution in [0.5, 0.6) is 11.5 Å². The van der Waals surface area contributed by atoms with Crippen LogP contribution in [0.25, 0.3) is 11.1 Å². The van der Waals surface area contributed by atoms with E-state index in [2.05, 4.69) is 153 Å². The van der Waals surface area contributed by atoms with Crippen LogP contribution in [0.4, 0.5) is 22.7 Å². The van der Waals surface area contributed by atoms with Crippen LogP contribution in [0.3, 0.4) is 0 Å². The predicted octanol–water partition coefficient (Wildman–Crippen LogP) is 7.79. The van der Waals surface area contributed by atoms with Crippen LogP contribution in [0.15, 0.2) is 133 Å². The first kappa shape index (κ1) is 26.8. The fourth-order valence-electron chi connectivity index (χ4n) is 8.24. The van der Waals surface area contributed by atoms with Crippen LogP contribution >= 0.6 is 0 Å². The molecule has 1 aliphatic carbocycles. The van der Waals surface area contributed by atoms with Crippen molar-refractivity contribution in [1.29, 1.82) is 0 Å². The molecule has 0 saturated carbocycles. The Hall–Kier alpha value is -5.25. The number of benzene rings is 6. The zero-order valence-electron chi connectivity index (χ0n) is 25.8. The first-order valence-corrected chi connectivity index (χ1v) is 18.6. The molecule has 48 heavy (non-hydrogen) atoms. The minimum atomic E-state index is -0.729. The monoisotopic (exact) mass is 799 g/mol. The summed E-state index contributed by atoms with van der Waals surface area (Å²) in [5, 5.41) is 0. The van der Waals surface area contributed by atoms with Crippen LogP contribution in [-0.2, 0) is 29.7 Å². The second kappa shape index (κ2) is 9.88. The van der Waals surface area contributed by atoms with E-state index in [-0.39, 0.29) is 0 Å². The van der Waals surface area contributed by atoms with Crippen molar-refractivity contribution >= 4 is 31.0 Å². The molecule has 6 aromatic rings. The molecule has 4 heterocycles. The summed E-state index contributed by atoms with van der Waals surface area (Å²) in [6.07, 6.45) is 0. The average molecular weight is 800 g/mol. The fourth-order valence-corrected chi connectivity index (χ4v) is 12.0. The normalized spacial score (nSPS) is 17.5. The summed E-state index contributed by atoms with van der Waals surface area (Å²) >= 11 is -0.729. The van der Waals surface area contributed by atoms with Crippen molar-refractivity contribution in [3.8, 4) is 22.6 Å². The van der Waals surface area contributed by atoms with Crippen molar-refractivity contribution in [3.05, 3.63) is 168 Å². The molecule has 5 aliphatic rings. The standard InChI is InChI=1S/C42H28N4O.Pt/c1-3-17-36-34(15-1)35-16-2-4-18-37(35)42(36)31-12-10-14-33(26-31)47-32-13-9-11-30(25-32)27-45-28-43(38-19-5-6-20-39(38)45)23-24-44-29-46(42)41-22-8-7-21-40(41)44;/h1-22H,23-24,27H2;/q-2;. The fraction of sp³-hybridized carbons (Fsp3) is 0.0952. The molecular weight excluding hydrogens is 772 g/mol. The minimum absolute atomic E-state index is 0.672. The third kappa shape index (κ3) is 3.49. The topological polar surface area (TPSA) is 22.2 Å². The van der Waals surface area contributed by atoms with Gasteiger partial charge in [0.2, 0.25) is 0 Å². The summed E-state index contributed by atoms with van der Waals surface area (Å²) in [5.41, 5.74) is 11.6. The van der Waals surface area contributed by atoms with E-state index in [1.165, 1.54) is 53.3 Å². The third-order valence-corrected chi connectivity index (χ3v) is 13.5. The van der Waals surface area contributed by atoms with Gasteiger partial charge in [-0.1, -0.05) is 0 Å². The second-order valence-electron chi connectivity index (χ2n) is 12.6. The van der Waals surface area contributed by atoms with Gasteiger partial charge in [-0.05, 0) is 0 Å². The Bertz CT molecular complexity index is 2370. The summed E-state index contributed by atoms with van der Waals surface area (Å²) in [7, 11) is 0. The second-order valence-corrected chi connectivity index (χ2v) is 15.2. The third-order valence-electron chi connectivity index (χ3n) is 10.1. The van der Waals surface area contributed by atoms with Crippen LogP contribution in [0.2, 0.25) is 0 Å². The number of rotatable bonds is 0. The van der Waals surface area contributed by atoms with E-state index < -0.39 is 23.2 Å². The molecule has 6 aromatic carbocycles. The van der Waals surface area contributed by atoms with Gasteiger partial charge in [-0.3, -0.25) is 0 Å². The van der Waals surface area contributed by atoms with Gasteiger partial charge in [0.25, 0.3) is 0 Å². The number of hydrogen-bond donors (Lipinski definition) is 0. The number of hydrogen-bond acceptors (Lipinski definition) is 5. The van der Waals surface area contributed by atoms with E-state index in [1.54, 1.807) is 0 Å². The maximum atomic E-state index is 6.62. The Morgan fingerprint density at radius 3 is 1.81 bits per heavy atom. The summed E-state index contributed by atoms with van der Waals surface area (Å²) in [6.45, 7) is 2.52. The first-order valence-electron chi connectivity index (χ1n) is 16.3. The summed E-state index contributed by atoms with van der Waals surface area (Å²) < 4.78 is 9.40. The molecule has 0 atom stereocenters. The molecule has 6 heteroatoms. The van der Waals surface area contributed by atoms with Gasteiger partial charge in [0.1, 0.15) is 0 Å². The summed E-state index contributed by atoms with van der Waals surface area (Å²) in [4.78, 5) is 10.5. The van der Waals surface area contributed by atoms with Crippen molar-refractivity contribution in [3.63, 3.8) is 0 Å². The van der Waals surface area contributed by atoms with Gasteiger partial charge in [0, 0.05) is 0 Å². The number of ether oxygens (including phenoxy) is 1. The van der Waals surface area contributed by atoms with Crippen LogP contribution in [0.1, 0.15) is 22.3 Å². The molecule has 5 nitrogen and oxygen atoms in total. The molecule has 0 N–H and O–H groups in total. The van der Waals surface area contributed by atoms with E-state index in [9.17, 15) is 0 Å². The molecule has 1 spiro atoms. The van der Waals surface area contributed by atoms with Gasteiger partial charge in [-0.2, -0.15) is 0 Å². The average Bonchev–Trinajstić information content (AvgIpc) is 3.65. The van der Waals surface area contributed by atoms with Crippen LogP contribution in [-0.4, -0.2) is 21.4 Å². The van der Waals surface area contributed by atoms with E-state index in [0.717, 1.165) is 30.8 Å². The maximum absolute atomic E-state index is 6.62. The van der Waals surface area contributed by atoms with Crippen molar-refractivity contribution in [1.82, 2.24) is 0 Å². The summed E-state index contributed by atoms with van der Waals surface area (Å²) in [5.74, 6) is 1.39. The molecule has 0 saturated heterocycles. The van der Waals surface area contributed by atoms with Crippen LogP contribution in [0, 0.1) is 12.1 Å². The molecule has 0 unspecified atom stereocenters. The van der Waals surface area contributed by atoms with E-state index in [1.807, 2.05) is 12.1 Å². The quantitative estimate of drug-likeness (QED) is 0.146. The number of anilines is 4. The molecule has 11 rings (SSSR count). The molecule has 4 aliphatic heterocycles. The van der Waals surface area contributed by atoms with Crippen LogP contribution < -0.4 is 24.3 Å². The van der Waals surface area contributed by atoms with Gasteiger partial charge in [-0.15, -0.1) is 0 Å². The van der Waals surface area contributed by atoms with E-state index in [0.29, 0.717) is 11.5 Å². The SMILES string of the molecule is [c-]1c2cccc1Oc1[c-]c(ccc1)C1(c3ccccc3-c3ccccc31)N1[C]3=[Pt]=[C]4N(CCN3c3ccccc31)c1ccccc1N4C2. The first-order chi connectivity index (χ1) is 23.8. The van der Waals surface area contributed by atoms with Gasteiger partial charge in [0.05, 0.1) is 0 Å². The zero-order chi connectivity index (χ0) is 31.4. The molecule has 0 fully saturated rings. The Morgan fingerprint density at radius 2 is 1.08 bits per heavy atom. The Morgan fingerprint density at radius 1 is 0.521 bits per heavy atom. The van der Waals surface area contributed by atoms with E-state index >= 15 is 0 Å². The van der Waals surface area contributed by atoms with Gasteiger partial charge in [-0.25, -0.2) is 0 Å². The molecule has 6 bridgehead atoms. The number of nitrogens with zero attached hydrogens (tertiary/aromatic N) is 4. The molecule has 0 amide bonds.